The van der Waals surface area contributed by atoms with Crippen molar-refractivity contribution < 1.29 is 0 Å². The van der Waals surface area contributed by atoms with Gasteiger partial charge in [0.1, 0.15) is 0 Å². The summed E-state index contributed by atoms with van der Waals surface area (Å²) in [6.45, 7) is 2.14. The molecule has 0 saturated carbocycles. The fraction of sp³-hybridized carbons (Fsp3) is 0.333. The van der Waals surface area contributed by atoms with E-state index in [1.807, 2.05) is 0 Å². The van der Waals surface area contributed by atoms with Crippen LogP contribution in [0.5, 0.6) is 0 Å². The average molecular weight is 173 g/mol. The Balaban J connectivity index is 2.39. The summed E-state index contributed by atoms with van der Waals surface area (Å²) in [5, 5.41) is 0. The average Bonchev–Trinajstić information content (AvgIpc) is 2.18. The van der Waals surface area contributed by atoms with Crippen molar-refractivity contribution in [2.45, 2.75) is 25.3 Å². The van der Waals surface area contributed by atoms with Crippen LogP contribution in [0.4, 0.5) is 0 Å². The maximum atomic E-state index is 6.19. The molecule has 1 atom stereocenters. The van der Waals surface area contributed by atoms with Gasteiger partial charge in [-0.25, -0.2) is 0 Å². The molecule has 0 aliphatic heterocycles. The molecule has 68 valence electrons. The first kappa shape index (κ1) is 8.52. The number of fused-ring (bicyclic) bond motifs is 1. The summed E-state index contributed by atoms with van der Waals surface area (Å²) in [4.78, 5) is 0. The predicted octanol–water partition coefficient (Wildman–Crippen LogP) is 2.36. The van der Waals surface area contributed by atoms with Crippen LogP contribution in [0.15, 0.2) is 30.3 Å². The van der Waals surface area contributed by atoms with Gasteiger partial charge in [-0.15, -0.1) is 0 Å². The molecule has 2 rings (SSSR count). The lowest BCUT2D eigenvalue weighted by Gasteiger charge is -2.28. The van der Waals surface area contributed by atoms with Gasteiger partial charge in [0.2, 0.25) is 0 Å². The maximum absolute atomic E-state index is 6.19. The zero-order valence-corrected chi connectivity index (χ0v) is 7.96. The minimum Gasteiger partial charge on any atom is -0.322 e. The molecule has 0 amide bonds. The van der Waals surface area contributed by atoms with Crippen molar-refractivity contribution in [2.75, 3.05) is 0 Å². The minimum atomic E-state index is -0.117. The van der Waals surface area contributed by atoms with Crippen LogP contribution in [-0.4, -0.2) is 5.54 Å². The van der Waals surface area contributed by atoms with Gasteiger partial charge in [0.25, 0.3) is 0 Å². The van der Waals surface area contributed by atoms with Crippen LogP contribution in [-0.2, 0) is 6.42 Å². The Bertz CT molecular complexity index is 341. The van der Waals surface area contributed by atoms with E-state index in [4.69, 9.17) is 5.73 Å². The van der Waals surface area contributed by atoms with Gasteiger partial charge in [-0.1, -0.05) is 43.3 Å². The number of nitrogens with two attached hydrogens (primary N) is 1. The van der Waals surface area contributed by atoms with Gasteiger partial charge in [-0.05, 0) is 24.0 Å². The largest absolute Gasteiger partial charge is 0.322 e. The summed E-state index contributed by atoms with van der Waals surface area (Å²) in [5.74, 6) is 0. The second-order valence-corrected chi connectivity index (χ2v) is 3.80. The second kappa shape index (κ2) is 3.00. The monoisotopic (exact) mass is 173 g/mol. The third-order valence-electron chi connectivity index (χ3n) is 2.83. The van der Waals surface area contributed by atoms with Crippen molar-refractivity contribution in [2.24, 2.45) is 5.73 Å². The zero-order chi connectivity index (χ0) is 9.31. The molecule has 0 fully saturated rings. The fourth-order valence-corrected chi connectivity index (χ4v) is 1.77. The molecule has 0 saturated heterocycles. The van der Waals surface area contributed by atoms with Crippen molar-refractivity contribution in [1.29, 1.82) is 0 Å². The van der Waals surface area contributed by atoms with E-state index in [9.17, 15) is 0 Å². The van der Waals surface area contributed by atoms with E-state index >= 15 is 0 Å². The molecule has 0 aromatic heterocycles. The highest BCUT2D eigenvalue weighted by molar-refractivity contribution is 5.58. The van der Waals surface area contributed by atoms with E-state index in [0.717, 1.165) is 12.8 Å². The van der Waals surface area contributed by atoms with Crippen molar-refractivity contribution in [1.82, 2.24) is 0 Å². The van der Waals surface area contributed by atoms with E-state index < -0.39 is 0 Å². The minimum absolute atomic E-state index is 0.117. The second-order valence-electron chi connectivity index (χ2n) is 3.80. The van der Waals surface area contributed by atoms with Crippen LogP contribution in [0.3, 0.4) is 0 Å². The Hall–Kier alpha value is -1.08. The number of hydrogen-bond donors (Lipinski definition) is 1. The lowest BCUT2D eigenvalue weighted by Crippen LogP contribution is -2.40. The van der Waals surface area contributed by atoms with Gasteiger partial charge in [-0.2, -0.15) is 0 Å². The van der Waals surface area contributed by atoms with E-state index in [1.165, 1.54) is 11.1 Å². The number of benzene rings is 1. The molecule has 2 N–H and O–H groups in total. The third-order valence-corrected chi connectivity index (χ3v) is 2.83. The fourth-order valence-electron chi connectivity index (χ4n) is 1.77. The third kappa shape index (κ3) is 1.52. The standard InChI is InChI=1S/C12H15N/c1-2-12(13)8-7-10-5-3-4-6-11(10)9-12/h3-8H,2,9,13H2,1H3. The van der Waals surface area contributed by atoms with Gasteiger partial charge in [0.05, 0.1) is 0 Å². The Morgan fingerprint density at radius 1 is 1.38 bits per heavy atom. The van der Waals surface area contributed by atoms with Crippen LogP contribution in [0.1, 0.15) is 24.5 Å². The smallest absolute Gasteiger partial charge is 0.0380 e. The Labute approximate surface area is 79.3 Å². The first-order chi connectivity index (χ1) is 6.23. The summed E-state index contributed by atoms with van der Waals surface area (Å²) in [6, 6.07) is 8.45. The Morgan fingerprint density at radius 3 is 2.92 bits per heavy atom. The van der Waals surface area contributed by atoms with E-state index in [2.05, 4.69) is 43.3 Å². The van der Waals surface area contributed by atoms with Crippen LogP contribution >= 0.6 is 0 Å². The highest BCUT2D eigenvalue weighted by atomic mass is 14.7. The van der Waals surface area contributed by atoms with E-state index in [1.54, 1.807) is 0 Å². The molecule has 0 heterocycles. The summed E-state index contributed by atoms with van der Waals surface area (Å²) in [7, 11) is 0. The lowest BCUT2D eigenvalue weighted by atomic mass is 9.82. The molecule has 1 aliphatic rings. The SMILES string of the molecule is CCC1(N)C=Cc2ccccc2C1. The summed E-state index contributed by atoms with van der Waals surface area (Å²) >= 11 is 0. The summed E-state index contributed by atoms with van der Waals surface area (Å²) in [6.07, 6.45) is 6.24. The normalized spacial score (nSPS) is 25.7. The molecule has 1 aromatic rings. The van der Waals surface area contributed by atoms with E-state index in [-0.39, 0.29) is 5.54 Å². The molecule has 1 aliphatic carbocycles. The van der Waals surface area contributed by atoms with Gasteiger partial charge in [0.15, 0.2) is 0 Å². The first-order valence-electron chi connectivity index (χ1n) is 4.79. The van der Waals surface area contributed by atoms with Crippen molar-refractivity contribution >= 4 is 6.08 Å². The highest BCUT2D eigenvalue weighted by Crippen LogP contribution is 2.25. The first-order valence-corrected chi connectivity index (χ1v) is 4.79. The summed E-state index contributed by atoms with van der Waals surface area (Å²) in [5.41, 5.74) is 8.76. The predicted molar refractivity (Wildman–Crippen MR) is 56.4 cm³/mol. The maximum Gasteiger partial charge on any atom is 0.0380 e. The molecular weight excluding hydrogens is 158 g/mol. The topological polar surface area (TPSA) is 26.0 Å². The van der Waals surface area contributed by atoms with Crippen molar-refractivity contribution in [3.63, 3.8) is 0 Å². The Kier molecular flexibility index (Phi) is 1.97. The quantitative estimate of drug-likeness (QED) is 0.693. The van der Waals surface area contributed by atoms with Crippen LogP contribution < -0.4 is 5.73 Å². The molecule has 1 heteroatoms. The van der Waals surface area contributed by atoms with Gasteiger partial charge in [0, 0.05) is 5.54 Å². The van der Waals surface area contributed by atoms with E-state index in [0.29, 0.717) is 0 Å². The lowest BCUT2D eigenvalue weighted by molar-refractivity contribution is 0.504. The van der Waals surface area contributed by atoms with Crippen LogP contribution in [0.25, 0.3) is 6.08 Å². The van der Waals surface area contributed by atoms with Crippen LogP contribution in [0.2, 0.25) is 0 Å². The van der Waals surface area contributed by atoms with Crippen LogP contribution in [0, 0.1) is 0 Å². The molecular formula is C12H15N. The molecule has 13 heavy (non-hydrogen) atoms. The molecule has 1 nitrogen and oxygen atoms in total. The number of hydrogen-bond acceptors (Lipinski definition) is 1. The van der Waals surface area contributed by atoms with Crippen molar-refractivity contribution in [3.05, 3.63) is 41.5 Å². The molecule has 0 bridgehead atoms. The molecule has 1 unspecified atom stereocenters. The van der Waals surface area contributed by atoms with Gasteiger partial charge in [-0.3, -0.25) is 0 Å². The van der Waals surface area contributed by atoms with Gasteiger partial charge < -0.3 is 5.73 Å². The molecule has 0 radical (unpaired) electrons. The Morgan fingerprint density at radius 2 is 2.15 bits per heavy atom. The summed E-state index contributed by atoms with van der Waals surface area (Å²) < 4.78 is 0. The van der Waals surface area contributed by atoms with Crippen molar-refractivity contribution in [3.8, 4) is 0 Å². The molecule has 0 spiro atoms. The zero-order valence-electron chi connectivity index (χ0n) is 7.96. The van der Waals surface area contributed by atoms with Gasteiger partial charge >= 0.3 is 0 Å². The number of rotatable bonds is 1. The molecule has 1 aromatic carbocycles. The highest BCUT2D eigenvalue weighted by Gasteiger charge is 2.23.